The first kappa shape index (κ1) is 29.0. The van der Waals surface area contributed by atoms with E-state index in [0.29, 0.717) is 49.6 Å². The van der Waals surface area contributed by atoms with Gasteiger partial charge in [0.2, 0.25) is 6.41 Å². The molecule has 9 nitrogen and oxygen atoms in total. The second-order valence-electron chi connectivity index (χ2n) is 9.60. The van der Waals surface area contributed by atoms with Crippen LogP contribution in [-0.2, 0) is 11.3 Å². The van der Waals surface area contributed by atoms with Crippen LogP contribution in [0, 0.1) is 5.82 Å². The molecule has 1 fully saturated rings. The molecule has 0 radical (unpaired) electrons. The predicted molar refractivity (Wildman–Crippen MR) is 143 cm³/mol. The fourth-order valence-corrected chi connectivity index (χ4v) is 4.82. The Labute approximate surface area is 228 Å². The molecule has 4 rings (SSSR count). The van der Waals surface area contributed by atoms with Crippen LogP contribution in [0.1, 0.15) is 37.8 Å². The van der Waals surface area contributed by atoms with Crippen molar-refractivity contribution in [3.8, 4) is 17.2 Å². The fraction of sp³-hybridized carbons (Fsp3) is 0.464. The zero-order valence-electron chi connectivity index (χ0n) is 22.4. The van der Waals surface area contributed by atoms with Gasteiger partial charge in [-0.3, -0.25) is 18.7 Å². The third-order valence-corrected chi connectivity index (χ3v) is 6.90. The van der Waals surface area contributed by atoms with E-state index in [1.54, 1.807) is 23.1 Å². The molecule has 216 valence electrons. The van der Waals surface area contributed by atoms with Gasteiger partial charge in [0.15, 0.2) is 29.2 Å². The number of hydrogen-bond donors (Lipinski definition) is 0. The highest BCUT2D eigenvalue weighted by Gasteiger charge is 2.26. The van der Waals surface area contributed by atoms with Gasteiger partial charge >= 0.3 is 5.69 Å². The van der Waals surface area contributed by atoms with Gasteiger partial charge in [-0.25, -0.2) is 18.0 Å². The van der Waals surface area contributed by atoms with Gasteiger partial charge in [-0.05, 0) is 43.0 Å². The molecule has 0 atom stereocenters. The van der Waals surface area contributed by atoms with Crippen LogP contribution in [0.4, 0.5) is 13.2 Å². The largest absolute Gasteiger partial charge is 0.493 e. The molecule has 2 heterocycles. The van der Waals surface area contributed by atoms with Crippen LogP contribution >= 0.6 is 0 Å². The molecule has 3 aromatic rings. The Hall–Kier alpha value is -3.96. The smallest absolute Gasteiger partial charge is 0.332 e. The second kappa shape index (κ2) is 12.9. The highest BCUT2D eigenvalue weighted by molar-refractivity contribution is 5.80. The Morgan fingerprint density at radius 3 is 2.40 bits per heavy atom. The van der Waals surface area contributed by atoms with Gasteiger partial charge in [-0.2, -0.15) is 0 Å². The maximum atomic E-state index is 15.1. The van der Waals surface area contributed by atoms with Crippen molar-refractivity contribution < 1.29 is 32.2 Å². The summed E-state index contributed by atoms with van der Waals surface area (Å²) in [5.74, 6) is -0.493. The summed E-state index contributed by atoms with van der Waals surface area (Å²) in [4.78, 5) is 40.3. The lowest BCUT2D eigenvalue weighted by Gasteiger charge is -2.31. The fourth-order valence-electron chi connectivity index (χ4n) is 4.82. The number of fused-ring (bicyclic) bond motifs is 1. The highest BCUT2D eigenvalue weighted by Crippen LogP contribution is 2.30. The summed E-state index contributed by atoms with van der Waals surface area (Å²) in [6.07, 6.45) is 0.818. The number of carbonyl (C=O) groups excluding carboxylic acids is 1. The van der Waals surface area contributed by atoms with E-state index in [1.807, 2.05) is 6.92 Å². The molecule has 0 aliphatic carbocycles. The molecule has 0 unspecified atom stereocenters. The average molecular weight is 564 g/mol. The number of piperidine rings is 1. The van der Waals surface area contributed by atoms with Gasteiger partial charge in [0, 0.05) is 25.2 Å². The zero-order valence-corrected chi connectivity index (χ0v) is 22.4. The lowest BCUT2D eigenvalue weighted by atomic mass is 10.0. The summed E-state index contributed by atoms with van der Waals surface area (Å²) >= 11 is 0. The Morgan fingerprint density at radius 2 is 1.77 bits per heavy atom. The lowest BCUT2D eigenvalue weighted by molar-refractivity contribution is -0.119. The molecule has 2 aromatic carbocycles. The van der Waals surface area contributed by atoms with E-state index >= 15 is 4.39 Å². The number of likely N-dealkylation sites (tertiary alicyclic amines) is 1. The summed E-state index contributed by atoms with van der Waals surface area (Å²) in [5, 5.41) is -0.0415. The zero-order chi connectivity index (χ0) is 28.8. The third kappa shape index (κ3) is 5.95. The first-order valence-corrected chi connectivity index (χ1v) is 13.1. The Bertz CT molecular complexity index is 1460. The Balaban J connectivity index is 1.86. The quantitative estimate of drug-likeness (QED) is 0.313. The number of benzene rings is 2. The number of methoxy groups -OCH3 is 1. The molecule has 1 aliphatic heterocycles. The summed E-state index contributed by atoms with van der Waals surface area (Å²) in [7, 11) is 1.48. The molecule has 1 saturated heterocycles. The predicted octanol–water partition coefficient (Wildman–Crippen LogP) is 3.63. The molecule has 12 heteroatoms. The Morgan fingerprint density at radius 1 is 1.05 bits per heavy atom. The van der Waals surface area contributed by atoms with Crippen LogP contribution in [0.5, 0.6) is 17.2 Å². The van der Waals surface area contributed by atoms with Crippen LogP contribution in [-0.4, -0.2) is 66.7 Å². The van der Waals surface area contributed by atoms with E-state index < -0.39 is 48.3 Å². The van der Waals surface area contributed by atoms with E-state index in [1.165, 1.54) is 11.7 Å². The maximum absolute atomic E-state index is 15.1. The maximum Gasteiger partial charge on any atom is 0.332 e. The van der Waals surface area contributed by atoms with Gasteiger partial charge in [0.25, 0.3) is 5.56 Å². The van der Waals surface area contributed by atoms with Gasteiger partial charge in [0.05, 0.1) is 31.2 Å². The van der Waals surface area contributed by atoms with Crippen molar-refractivity contribution in [1.82, 2.24) is 14.0 Å². The third-order valence-electron chi connectivity index (χ3n) is 6.90. The standard InChI is InChI=1S/C28H32F3N3O6/c1-3-10-39-24-5-4-18(11-26(24)38-2)16-33-27(36)21-12-25(40-20(14-29)15-30)22(31)13-23(21)34(28(33)37)19-6-8-32(17-35)9-7-19/h4-5,11-13,17,19-20H,3,6-10,14-16H2,1-2H3. The van der Waals surface area contributed by atoms with Crippen LogP contribution < -0.4 is 25.5 Å². The van der Waals surface area contributed by atoms with Crippen molar-refractivity contribution in [2.45, 2.75) is 44.9 Å². The van der Waals surface area contributed by atoms with Crippen molar-refractivity contribution in [1.29, 1.82) is 0 Å². The molecule has 1 aliphatic rings. The highest BCUT2D eigenvalue weighted by atomic mass is 19.1. The van der Waals surface area contributed by atoms with Crippen molar-refractivity contribution in [2.75, 3.05) is 40.2 Å². The number of ether oxygens (including phenoxy) is 3. The van der Waals surface area contributed by atoms with Crippen molar-refractivity contribution in [3.05, 3.63) is 62.6 Å². The topological polar surface area (TPSA) is 92.0 Å². The van der Waals surface area contributed by atoms with Crippen molar-refractivity contribution in [2.24, 2.45) is 0 Å². The molecule has 40 heavy (non-hydrogen) atoms. The number of carbonyl (C=O) groups is 1. The molecule has 1 aromatic heterocycles. The first-order chi connectivity index (χ1) is 19.3. The summed E-state index contributed by atoms with van der Waals surface area (Å²) in [5.41, 5.74) is -0.742. The van der Waals surface area contributed by atoms with Crippen molar-refractivity contribution in [3.63, 3.8) is 0 Å². The normalized spacial score (nSPS) is 14.1. The second-order valence-corrected chi connectivity index (χ2v) is 9.60. The van der Waals surface area contributed by atoms with Crippen LogP contribution in [0.25, 0.3) is 10.9 Å². The van der Waals surface area contributed by atoms with E-state index in [9.17, 15) is 23.2 Å². The van der Waals surface area contributed by atoms with Crippen molar-refractivity contribution >= 4 is 17.3 Å². The van der Waals surface area contributed by atoms with E-state index in [4.69, 9.17) is 14.2 Å². The number of nitrogens with zero attached hydrogens (tertiary/aromatic N) is 3. The van der Waals surface area contributed by atoms with Crippen LogP contribution in [0.2, 0.25) is 0 Å². The molecule has 0 bridgehead atoms. The number of aromatic nitrogens is 2. The van der Waals surface area contributed by atoms with Gasteiger partial charge in [-0.15, -0.1) is 0 Å². The summed E-state index contributed by atoms with van der Waals surface area (Å²) < 4.78 is 59.9. The van der Waals surface area contributed by atoms with E-state index in [2.05, 4.69) is 0 Å². The Kier molecular flexibility index (Phi) is 9.38. The number of amides is 1. The summed E-state index contributed by atoms with van der Waals surface area (Å²) in [6, 6.07) is 6.72. The molecule has 0 saturated carbocycles. The molecular formula is C28H32F3N3O6. The minimum atomic E-state index is -1.53. The number of hydrogen-bond acceptors (Lipinski definition) is 6. The summed E-state index contributed by atoms with van der Waals surface area (Å²) in [6.45, 7) is 0.723. The van der Waals surface area contributed by atoms with E-state index in [-0.39, 0.29) is 17.4 Å². The number of halogens is 3. The number of rotatable bonds is 12. The SMILES string of the molecule is CCCOc1ccc(Cn2c(=O)c3cc(OC(CF)CF)c(F)cc3n(C3CCN(C=O)CC3)c2=O)cc1OC. The molecule has 1 amide bonds. The van der Waals surface area contributed by atoms with Gasteiger partial charge in [0.1, 0.15) is 13.3 Å². The van der Waals surface area contributed by atoms with Crippen LogP contribution in [0.3, 0.4) is 0 Å². The first-order valence-electron chi connectivity index (χ1n) is 13.1. The minimum Gasteiger partial charge on any atom is -0.493 e. The molecule has 0 N–H and O–H groups in total. The average Bonchev–Trinajstić information content (AvgIpc) is 2.98. The van der Waals surface area contributed by atoms with Crippen LogP contribution in [0.15, 0.2) is 39.9 Å². The molecule has 0 spiro atoms. The van der Waals surface area contributed by atoms with Gasteiger partial charge in [-0.1, -0.05) is 13.0 Å². The molecular weight excluding hydrogens is 531 g/mol. The minimum absolute atomic E-state index is 0.0404. The number of alkyl halides is 2. The van der Waals surface area contributed by atoms with E-state index in [0.717, 1.165) is 29.5 Å². The van der Waals surface area contributed by atoms with Gasteiger partial charge < -0.3 is 19.1 Å². The monoisotopic (exact) mass is 563 g/mol. The lowest BCUT2D eigenvalue weighted by Crippen LogP contribution is -2.44.